The lowest BCUT2D eigenvalue weighted by atomic mass is 9.86. The number of hydrogen-bond acceptors (Lipinski definition) is 5. The molecule has 0 aliphatic carbocycles. The highest BCUT2D eigenvalue weighted by atomic mass is 19.1. The molecule has 3 rings (SSSR count). The highest BCUT2D eigenvalue weighted by Crippen LogP contribution is 2.30. The molecular weight excluding hydrogens is 389 g/mol. The Bertz CT molecular complexity index is 1080. The lowest BCUT2D eigenvalue weighted by molar-refractivity contribution is -0.384. The second-order valence-corrected chi connectivity index (χ2v) is 6.78. The van der Waals surface area contributed by atoms with Crippen molar-refractivity contribution in [3.05, 3.63) is 88.0 Å². The Hall–Kier alpha value is -3.61. The van der Waals surface area contributed by atoms with E-state index >= 15 is 0 Å². The highest BCUT2D eigenvalue weighted by molar-refractivity contribution is 6.04. The van der Waals surface area contributed by atoms with Crippen LogP contribution in [0.25, 0.3) is 10.8 Å². The smallest absolute Gasteiger partial charge is 0.340 e. The average Bonchev–Trinajstić information content (AvgIpc) is 2.76. The zero-order valence-corrected chi connectivity index (χ0v) is 16.3. The summed E-state index contributed by atoms with van der Waals surface area (Å²) in [6.07, 6.45) is -2.41. The topological polar surface area (TPSA) is 86.5 Å². The largest absolute Gasteiger partial charge is 0.464 e. The fourth-order valence-corrected chi connectivity index (χ4v) is 3.30. The Balaban J connectivity index is 1.96. The number of alkyl halides is 1. The number of fused-ring (bicyclic) bond motifs is 1. The molecule has 3 aromatic rings. The lowest BCUT2D eigenvalue weighted by Gasteiger charge is -2.18. The van der Waals surface area contributed by atoms with E-state index in [0.717, 1.165) is 10.8 Å². The quantitative estimate of drug-likeness (QED) is 0.226. The number of nitro benzene ring substituents is 1. The number of halogens is 1. The lowest BCUT2D eigenvalue weighted by Crippen LogP contribution is -2.25. The van der Waals surface area contributed by atoms with E-state index in [9.17, 15) is 24.1 Å². The van der Waals surface area contributed by atoms with Crippen molar-refractivity contribution >= 4 is 28.2 Å². The second-order valence-electron chi connectivity index (χ2n) is 6.78. The van der Waals surface area contributed by atoms with E-state index in [0.29, 0.717) is 11.1 Å². The maximum absolute atomic E-state index is 14.5. The van der Waals surface area contributed by atoms with Crippen molar-refractivity contribution in [2.45, 2.75) is 25.4 Å². The Kier molecular flexibility index (Phi) is 6.51. The third-order valence-corrected chi connectivity index (χ3v) is 4.84. The van der Waals surface area contributed by atoms with E-state index in [4.69, 9.17) is 4.74 Å². The van der Waals surface area contributed by atoms with E-state index in [1.165, 1.54) is 24.3 Å². The molecule has 0 N–H and O–H groups in total. The average molecular weight is 409 g/mol. The molecule has 0 saturated heterocycles. The van der Waals surface area contributed by atoms with Gasteiger partial charge in [0.05, 0.1) is 17.4 Å². The monoisotopic (exact) mass is 409 g/mol. The number of rotatable bonds is 8. The van der Waals surface area contributed by atoms with Crippen LogP contribution in [0, 0.1) is 10.1 Å². The minimum atomic E-state index is -1.99. The van der Waals surface area contributed by atoms with Crippen molar-refractivity contribution in [3.8, 4) is 0 Å². The van der Waals surface area contributed by atoms with Crippen LogP contribution in [-0.2, 0) is 9.53 Å². The van der Waals surface area contributed by atoms with Crippen molar-refractivity contribution in [3.63, 3.8) is 0 Å². The maximum Gasteiger partial charge on any atom is 0.340 e. The van der Waals surface area contributed by atoms with Gasteiger partial charge in [-0.2, -0.15) is 0 Å². The molecule has 0 radical (unpaired) electrons. The van der Waals surface area contributed by atoms with Crippen LogP contribution >= 0.6 is 0 Å². The SMILES string of the molecule is CCOC(=O)[C@@H](F)CC(C(=O)c1ccc2ccccc2c1)c1ccc([N+](=O)[O-])cc1. The zero-order chi connectivity index (χ0) is 21.7. The summed E-state index contributed by atoms with van der Waals surface area (Å²) in [5.74, 6) is -2.40. The molecule has 1 unspecified atom stereocenters. The highest BCUT2D eigenvalue weighted by Gasteiger charge is 2.30. The molecule has 3 aromatic carbocycles. The number of Topliss-reactive ketones (excluding diaryl/α,β-unsaturated/α-hetero) is 1. The normalized spacial score (nSPS) is 12.9. The summed E-state index contributed by atoms with van der Waals surface area (Å²) in [7, 11) is 0. The molecule has 0 saturated carbocycles. The summed E-state index contributed by atoms with van der Waals surface area (Å²) in [4.78, 5) is 35.4. The van der Waals surface area contributed by atoms with Gasteiger partial charge in [-0.05, 0) is 29.3 Å². The van der Waals surface area contributed by atoms with Gasteiger partial charge in [-0.1, -0.05) is 48.5 Å². The number of nitro groups is 1. The van der Waals surface area contributed by atoms with Crippen molar-refractivity contribution in [1.82, 2.24) is 0 Å². The molecule has 0 fully saturated rings. The van der Waals surface area contributed by atoms with Crippen molar-refractivity contribution in [1.29, 1.82) is 0 Å². The standard InChI is InChI=1S/C23H20FNO5/c1-2-30-23(27)21(24)14-20(16-9-11-19(12-10-16)25(28)29)22(26)18-8-7-15-5-3-4-6-17(15)13-18/h3-13,20-21H,2,14H2,1H3/t20?,21-/m0/s1. The van der Waals surface area contributed by atoms with E-state index in [1.54, 1.807) is 25.1 Å². The van der Waals surface area contributed by atoms with Crippen LogP contribution in [0.5, 0.6) is 0 Å². The first kappa shape index (κ1) is 21.1. The van der Waals surface area contributed by atoms with Crippen LogP contribution in [0.1, 0.15) is 35.2 Å². The van der Waals surface area contributed by atoms with Gasteiger partial charge in [-0.15, -0.1) is 0 Å². The van der Waals surface area contributed by atoms with Gasteiger partial charge in [-0.3, -0.25) is 14.9 Å². The predicted molar refractivity (Wildman–Crippen MR) is 110 cm³/mol. The fourth-order valence-electron chi connectivity index (χ4n) is 3.30. The Morgan fingerprint density at radius 3 is 2.33 bits per heavy atom. The van der Waals surface area contributed by atoms with Gasteiger partial charge in [0.15, 0.2) is 12.0 Å². The molecule has 0 aliphatic heterocycles. The minimum absolute atomic E-state index is 0.0278. The van der Waals surface area contributed by atoms with Crippen LogP contribution in [0.3, 0.4) is 0 Å². The zero-order valence-electron chi connectivity index (χ0n) is 16.3. The molecule has 6 nitrogen and oxygen atoms in total. The number of non-ortho nitro benzene ring substituents is 1. The summed E-state index contributed by atoms with van der Waals surface area (Å²) in [5, 5.41) is 12.7. The van der Waals surface area contributed by atoms with E-state index in [-0.39, 0.29) is 18.1 Å². The molecule has 0 heterocycles. The van der Waals surface area contributed by atoms with Gasteiger partial charge in [-0.25, -0.2) is 9.18 Å². The Morgan fingerprint density at radius 2 is 1.70 bits per heavy atom. The van der Waals surface area contributed by atoms with Gasteiger partial charge in [0.2, 0.25) is 0 Å². The predicted octanol–water partition coefficient (Wildman–Crippen LogP) is 5.01. The first-order valence-electron chi connectivity index (χ1n) is 9.48. The Morgan fingerprint density at radius 1 is 1.03 bits per heavy atom. The fraction of sp³-hybridized carbons (Fsp3) is 0.217. The summed E-state index contributed by atoms with van der Waals surface area (Å²) in [5.41, 5.74) is 0.622. The molecule has 2 atom stereocenters. The van der Waals surface area contributed by atoms with Gasteiger partial charge >= 0.3 is 5.97 Å². The summed E-state index contributed by atoms with van der Waals surface area (Å²) >= 11 is 0. The number of ketones is 1. The molecule has 7 heteroatoms. The first-order valence-corrected chi connectivity index (χ1v) is 9.48. The number of carbonyl (C=O) groups excluding carboxylic acids is 2. The number of hydrogen-bond donors (Lipinski definition) is 0. The third-order valence-electron chi connectivity index (χ3n) is 4.84. The summed E-state index contributed by atoms with van der Waals surface area (Å²) in [6.45, 7) is 1.60. The van der Waals surface area contributed by atoms with E-state index in [2.05, 4.69) is 0 Å². The minimum Gasteiger partial charge on any atom is -0.464 e. The Labute approximate surface area is 172 Å². The number of esters is 1. The van der Waals surface area contributed by atoms with Gasteiger partial charge < -0.3 is 4.74 Å². The molecule has 0 spiro atoms. The number of ether oxygens (including phenoxy) is 1. The molecule has 0 bridgehead atoms. The van der Waals surface area contributed by atoms with Crippen LogP contribution in [0.2, 0.25) is 0 Å². The molecule has 154 valence electrons. The summed E-state index contributed by atoms with van der Waals surface area (Å²) < 4.78 is 19.2. The maximum atomic E-state index is 14.5. The number of benzene rings is 3. The van der Waals surface area contributed by atoms with Crippen LogP contribution in [0.15, 0.2) is 66.7 Å². The first-order chi connectivity index (χ1) is 14.4. The van der Waals surface area contributed by atoms with Crippen molar-refractivity contribution < 1.29 is 23.6 Å². The molecule has 0 aromatic heterocycles. The van der Waals surface area contributed by atoms with Crippen molar-refractivity contribution in [2.24, 2.45) is 0 Å². The van der Waals surface area contributed by atoms with Crippen molar-refractivity contribution in [2.75, 3.05) is 6.61 Å². The number of nitrogens with zero attached hydrogens (tertiary/aromatic N) is 1. The number of carbonyl (C=O) groups is 2. The molecular formula is C23H20FNO5. The van der Waals surface area contributed by atoms with Crippen LogP contribution in [-0.4, -0.2) is 29.5 Å². The molecule has 30 heavy (non-hydrogen) atoms. The van der Waals surface area contributed by atoms with Crippen LogP contribution in [0.4, 0.5) is 10.1 Å². The third kappa shape index (κ3) is 4.68. The second kappa shape index (κ2) is 9.26. The summed E-state index contributed by atoms with van der Waals surface area (Å²) in [6, 6.07) is 18.0. The van der Waals surface area contributed by atoms with Gasteiger partial charge in [0, 0.05) is 24.1 Å². The van der Waals surface area contributed by atoms with Gasteiger partial charge in [0.25, 0.3) is 5.69 Å². The van der Waals surface area contributed by atoms with E-state index in [1.807, 2.05) is 24.3 Å². The van der Waals surface area contributed by atoms with Crippen LogP contribution < -0.4 is 0 Å². The molecule has 0 amide bonds. The van der Waals surface area contributed by atoms with Gasteiger partial charge in [0.1, 0.15) is 0 Å². The van der Waals surface area contributed by atoms with E-state index < -0.39 is 29.4 Å². The molecule has 0 aliphatic rings.